The van der Waals surface area contributed by atoms with Gasteiger partial charge >= 0.3 is 0 Å². The van der Waals surface area contributed by atoms with Gasteiger partial charge in [-0.3, -0.25) is 0 Å². The van der Waals surface area contributed by atoms with E-state index in [4.69, 9.17) is 0 Å². The fourth-order valence-corrected chi connectivity index (χ4v) is 7.76. The number of para-hydroxylation sites is 2. The molecule has 0 aromatic heterocycles. The highest BCUT2D eigenvalue weighted by molar-refractivity contribution is 6.46. The number of hydrogen-bond acceptors (Lipinski definition) is 2. The molecule has 2 nitrogen and oxygen atoms in total. The second-order valence-corrected chi connectivity index (χ2v) is 12.2. The van der Waals surface area contributed by atoms with Crippen molar-refractivity contribution in [3.63, 3.8) is 0 Å². The van der Waals surface area contributed by atoms with Gasteiger partial charge in [0.05, 0.1) is 5.69 Å². The van der Waals surface area contributed by atoms with Crippen molar-refractivity contribution in [3.05, 3.63) is 158 Å². The molecule has 0 aliphatic rings. The number of anilines is 4. The Labute approximate surface area is 265 Å². The van der Waals surface area contributed by atoms with Crippen molar-refractivity contribution in [3.8, 4) is 0 Å². The van der Waals surface area contributed by atoms with Gasteiger partial charge in [0.2, 0.25) is 0 Å². The minimum absolute atomic E-state index is 1.08. The highest BCUT2D eigenvalue weighted by atomic mass is 14.9. The Kier molecular flexibility index (Phi) is 5.31. The lowest BCUT2D eigenvalue weighted by Gasteiger charge is -2.23. The second kappa shape index (κ2) is 9.69. The molecule has 0 atom stereocenters. The van der Waals surface area contributed by atoms with Crippen LogP contribution in [0, 0.1) is 0 Å². The van der Waals surface area contributed by atoms with E-state index in [2.05, 4.69) is 168 Å². The maximum absolute atomic E-state index is 3.92. The molecule has 0 aliphatic heterocycles. The lowest BCUT2D eigenvalue weighted by atomic mass is 9.83. The lowest BCUT2D eigenvalue weighted by Crippen LogP contribution is -1.98. The summed E-state index contributed by atoms with van der Waals surface area (Å²) in [6, 6.07) is 57.1. The summed E-state index contributed by atoms with van der Waals surface area (Å²) in [5.74, 6) is 0. The summed E-state index contributed by atoms with van der Waals surface area (Å²) in [6.07, 6.45) is 0. The number of rotatable bonds is 4. The first-order valence-electron chi connectivity index (χ1n) is 15.9. The van der Waals surface area contributed by atoms with E-state index in [0.29, 0.717) is 0 Å². The molecule has 0 unspecified atom stereocenters. The quantitative estimate of drug-likeness (QED) is 0.159. The zero-order valence-corrected chi connectivity index (χ0v) is 25.0. The van der Waals surface area contributed by atoms with Crippen molar-refractivity contribution >= 4 is 98.2 Å². The zero-order chi connectivity index (χ0) is 30.2. The molecule has 0 heterocycles. The van der Waals surface area contributed by atoms with Crippen molar-refractivity contribution in [1.29, 1.82) is 0 Å². The van der Waals surface area contributed by atoms with Crippen LogP contribution in [0.2, 0.25) is 0 Å². The minimum Gasteiger partial charge on any atom is -0.355 e. The van der Waals surface area contributed by atoms with Gasteiger partial charge in [0.1, 0.15) is 0 Å². The molecule has 0 bridgehead atoms. The summed E-state index contributed by atoms with van der Waals surface area (Å²) in [4.78, 5) is 0. The monoisotopic (exact) mass is 584 g/mol. The Hall–Kier alpha value is -6.12. The van der Waals surface area contributed by atoms with Crippen LogP contribution in [0.4, 0.5) is 22.7 Å². The standard InChI is InChI=1S/C44H28N2/c1-3-13-29(14-4-1)45-38-26-25-34-33-21-19-27-11-7-9-17-31(27)39(33)42-36-22-20-28-12-8-10-18-32(28)41(36)44(46-30-15-5-2-6-16-30)37-24-23-35(38)40(34)43(37)42/h1-26,45-46H. The topological polar surface area (TPSA) is 24.1 Å². The first-order valence-corrected chi connectivity index (χ1v) is 15.9. The van der Waals surface area contributed by atoms with Gasteiger partial charge in [-0.05, 0) is 78.8 Å². The molecule has 214 valence electrons. The average molecular weight is 585 g/mol. The molecule has 2 N–H and O–H groups in total. The van der Waals surface area contributed by atoms with Crippen LogP contribution in [0.3, 0.4) is 0 Å². The van der Waals surface area contributed by atoms with Gasteiger partial charge in [-0.15, -0.1) is 0 Å². The predicted molar refractivity (Wildman–Crippen MR) is 200 cm³/mol. The molecule has 10 aromatic carbocycles. The van der Waals surface area contributed by atoms with E-state index in [0.717, 1.165) is 22.7 Å². The van der Waals surface area contributed by atoms with Crippen molar-refractivity contribution < 1.29 is 0 Å². The highest BCUT2D eigenvalue weighted by Crippen LogP contribution is 2.51. The molecule has 0 saturated heterocycles. The van der Waals surface area contributed by atoms with E-state index in [1.54, 1.807) is 0 Å². The van der Waals surface area contributed by atoms with E-state index in [9.17, 15) is 0 Å². The maximum atomic E-state index is 3.92. The van der Waals surface area contributed by atoms with Crippen LogP contribution in [0.15, 0.2) is 158 Å². The molecule has 10 aromatic rings. The predicted octanol–water partition coefficient (Wildman–Crippen LogP) is 12.7. The van der Waals surface area contributed by atoms with Crippen molar-refractivity contribution in [2.24, 2.45) is 0 Å². The molecule has 10 rings (SSSR count). The van der Waals surface area contributed by atoms with Crippen LogP contribution in [-0.2, 0) is 0 Å². The normalized spacial score (nSPS) is 11.9. The molecule has 0 fully saturated rings. The van der Waals surface area contributed by atoms with Crippen LogP contribution in [-0.4, -0.2) is 0 Å². The molecule has 0 aliphatic carbocycles. The number of nitrogens with one attached hydrogen (secondary N) is 2. The third-order valence-electron chi connectivity index (χ3n) is 9.71. The molecule has 0 saturated carbocycles. The van der Waals surface area contributed by atoms with Gasteiger partial charge in [-0.1, -0.05) is 127 Å². The average Bonchev–Trinajstić information content (AvgIpc) is 3.12. The minimum atomic E-state index is 1.08. The molecule has 0 amide bonds. The molecule has 2 heteroatoms. The molecular formula is C44H28N2. The van der Waals surface area contributed by atoms with Gasteiger partial charge in [0.15, 0.2) is 0 Å². The largest absolute Gasteiger partial charge is 0.355 e. The van der Waals surface area contributed by atoms with Gasteiger partial charge in [0, 0.05) is 44.0 Å². The van der Waals surface area contributed by atoms with E-state index in [1.165, 1.54) is 75.4 Å². The maximum Gasteiger partial charge on any atom is 0.0550 e. The molecule has 46 heavy (non-hydrogen) atoms. The number of fused-ring (bicyclic) bond motifs is 9. The fourth-order valence-electron chi connectivity index (χ4n) is 7.76. The Morgan fingerprint density at radius 2 is 0.739 bits per heavy atom. The van der Waals surface area contributed by atoms with Crippen molar-refractivity contribution in [1.82, 2.24) is 0 Å². The Morgan fingerprint density at radius 3 is 1.43 bits per heavy atom. The summed E-state index contributed by atoms with van der Waals surface area (Å²) in [5, 5.41) is 25.4. The van der Waals surface area contributed by atoms with E-state index in [-0.39, 0.29) is 0 Å². The first kappa shape index (κ1) is 25.2. The van der Waals surface area contributed by atoms with Crippen LogP contribution in [0.1, 0.15) is 0 Å². The number of hydrogen-bond donors (Lipinski definition) is 2. The second-order valence-electron chi connectivity index (χ2n) is 12.2. The van der Waals surface area contributed by atoms with Gasteiger partial charge in [-0.25, -0.2) is 0 Å². The summed E-state index contributed by atoms with van der Waals surface area (Å²) >= 11 is 0. The summed E-state index contributed by atoms with van der Waals surface area (Å²) in [5.41, 5.74) is 4.41. The van der Waals surface area contributed by atoms with E-state index in [1.807, 2.05) is 0 Å². The Balaban J connectivity index is 1.47. The third-order valence-corrected chi connectivity index (χ3v) is 9.71. The van der Waals surface area contributed by atoms with Crippen LogP contribution in [0.25, 0.3) is 75.4 Å². The molecular weight excluding hydrogens is 556 g/mol. The summed E-state index contributed by atoms with van der Waals surface area (Å²) in [7, 11) is 0. The number of benzene rings is 10. The third kappa shape index (κ3) is 3.59. The van der Waals surface area contributed by atoms with Crippen LogP contribution >= 0.6 is 0 Å². The summed E-state index contributed by atoms with van der Waals surface area (Å²) in [6.45, 7) is 0. The van der Waals surface area contributed by atoms with Gasteiger partial charge < -0.3 is 10.6 Å². The first-order chi connectivity index (χ1) is 22.8. The SMILES string of the molecule is c1ccc(Nc2ccc3c4ccc5ccccc5c4c4c5ccc6ccccc6c5c(Nc5ccccc5)c5ccc2c3c54)cc1. The molecule has 0 spiro atoms. The zero-order valence-electron chi connectivity index (χ0n) is 25.0. The highest BCUT2D eigenvalue weighted by Gasteiger charge is 2.23. The van der Waals surface area contributed by atoms with Gasteiger partial charge in [-0.2, -0.15) is 0 Å². The van der Waals surface area contributed by atoms with Crippen LogP contribution < -0.4 is 10.6 Å². The van der Waals surface area contributed by atoms with Crippen molar-refractivity contribution in [2.45, 2.75) is 0 Å². The fraction of sp³-hybridized carbons (Fsp3) is 0. The molecule has 0 radical (unpaired) electrons. The Bertz CT molecular complexity index is 2780. The lowest BCUT2D eigenvalue weighted by molar-refractivity contribution is 1.58. The van der Waals surface area contributed by atoms with Crippen LogP contribution in [0.5, 0.6) is 0 Å². The Morgan fingerprint density at radius 1 is 0.261 bits per heavy atom. The van der Waals surface area contributed by atoms with E-state index >= 15 is 0 Å². The van der Waals surface area contributed by atoms with Gasteiger partial charge in [0.25, 0.3) is 0 Å². The van der Waals surface area contributed by atoms with Crippen molar-refractivity contribution in [2.75, 3.05) is 10.6 Å². The van der Waals surface area contributed by atoms with E-state index < -0.39 is 0 Å². The smallest absolute Gasteiger partial charge is 0.0550 e. The summed E-state index contributed by atoms with van der Waals surface area (Å²) < 4.78 is 0.